The number of primary amides is 1. The fraction of sp³-hybridized carbons (Fsp3) is 0.371. The molecule has 0 unspecified atom stereocenters. The Kier molecular flexibility index (Phi) is 6.46. The van der Waals surface area contributed by atoms with Crippen LogP contribution in [0.5, 0.6) is 5.75 Å². The van der Waals surface area contributed by atoms with Crippen LogP contribution in [0.4, 0.5) is 0 Å². The number of hydrogen-bond donors (Lipinski definition) is 2. The molecule has 10 nitrogen and oxygen atoms in total. The molecule has 0 spiro atoms. The zero-order chi connectivity index (χ0) is 31.0. The van der Waals surface area contributed by atoms with Gasteiger partial charge in [-0.15, -0.1) is 0 Å². The van der Waals surface area contributed by atoms with Crippen molar-refractivity contribution in [2.75, 3.05) is 13.7 Å². The molecule has 1 saturated heterocycles. The smallest absolute Gasteiger partial charge is 0.254 e. The first kappa shape index (κ1) is 27.8. The molecule has 5 aromatic rings. The summed E-state index contributed by atoms with van der Waals surface area (Å²) in [6.45, 7) is 1.62. The van der Waals surface area contributed by atoms with Gasteiger partial charge in [-0.05, 0) is 73.4 Å². The second kappa shape index (κ2) is 10.4. The Labute approximate surface area is 261 Å². The molecule has 2 amide bonds. The number of rotatable bonds is 8. The van der Waals surface area contributed by atoms with Crippen molar-refractivity contribution in [2.45, 2.75) is 50.7 Å². The van der Waals surface area contributed by atoms with Gasteiger partial charge in [-0.2, -0.15) is 0 Å². The van der Waals surface area contributed by atoms with E-state index in [1.807, 2.05) is 36.2 Å². The number of carbonyl (C=O) groups is 2. The Morgan fingerprint density at radius 3 is 2.51 bits per heavy atom. The molecule has 1 aliphatic heterocycles. The second-order valence-corrected chi connectivity index (χ2v) is 13.0. The lowest BCUT2D eigenvalue weighted by atomic mass is 10.1. The third-order valence-electron chi connectivity index (χ3n) is 10.1. The molecular formula is C35H37N7O3. The van der Waals surface area contributed by atoms with E-state index in [-0.39, 0.29) is 24.4 Å². The fourth-order valence-electron chi connectivity index (χ4n) is 7.52. The second-order valence-electron chi connectivity index (χ2n) is 13.0. The van der Waals surface area contributed by atoms with Crippen molar-refractivity contribution < 1.29 is 14.3 Å². The standard InChI is InChI=1S/C35H37N7O3/c1-40-33-26(11-24(14-30(33)45-2)35(44)42-18-23-8-10-27(42)32(23)37)39-34(40)29-13-21-6-5-20(12-28(21)41(29)17-19-3-4-19)22-7-9-25(38-16-22)15-31(36)43/h5-7,9,11-14,16,19,23,27,32H,3-4,8,10,15,17-18,37H2,1-2H3,(H2,36,43)/t23-,27-,32-/m1/s1. The number of ether oxygens (including phenoxy) is 1. The number of nitrogens with zero attached hydrogens (tertiary/aromatic N) is 5. The number of fused-ring (bicyclic) bond motifs is 4. The highest BCUT2D eigenvalue weighted by Gasteiger charge is 2.47. The largest absolute Gasteiger partial charge is 0.494 e. The number of hydrogen-bond acceptors (Lipinski definition) is 6. The van der Waals surface area contributed by atoms with E-state index in [2.05, 4.69) is 38.4 Å². The Morgan fingerprint density at radius 1 is 1.02 bits per heavy atom. The van der Waals surface area contributed by atoms with E-state index in [1.54, 1.807) is 13.3 Å². The first-order valence-corrected chi connectivity index (χ1v) is 15.8. The minimum Gasteiger partial charge on any atom is -0.494 e. The number of amides is 2. The molecule has 4 N–H and O–H groups in total. The molecule has 8 rings (SSSR count). The van der Waals surface area contributed by atoms with Crippen molar-refractivity contribution in [2.24, 2.45) is 30.4 Å². The van der Waals surface area contributed by atoms with E-state index in [9.17, 15) is 9.59 Å². The Hall–Kier alpha value is -4.70. The Bertz CT molecular complexity index is 1990. The zero-order valence-corrected chi connectivity index (χ0v) is 25.6. The van der Waals surface area contributed by atoms with Crippen LogP contribution in [-0.4, -0.2) is 61.6 Å². The van der Waals surface area contributed by atoms with Gasteiger partial charge < -0.3 is 30.2 Å². The van der Waals surface area contributed by atoms with Crippen LogP contribution in [0.25, 0.3) is 44.6 Å². The summed E-state index contributed by atoms with van der Waals surface area (Å²) in [7, 11) is 3.65. The predicted octanol–water partition coefficient (Wildman–Crippen LogP) is 4.27. The number of aryl methyl sites for hydroxylation is 1. The maximum atomic E-state index is 13.7. The average Bonchev–Trinajstić information content (AvgIpc) is 3.44. The maximum absolute atomic E-state index is 13.7. The molecule has 2 saturated carbocycles. The summed E-state index contributed by atoms with van der Waals surface area (Å²) in [5.41, 5.74) is 18.8. The van der Waals surface area contributed by atoms with Gasteiger partial charge in [0.05, 0.1) is 24.7 Å². The molecule has 2 aliphatic carbocycles. The molecule has 4 heterocycles. The number of pyridine rings is 1. The van der Waals surface area contributed by atoms with Gasteiger partial charge in [-0.3, -0.25) is 14.6 Å². The highest BCUT2D eigenvalue weighted by atomic mass is 16.5. The van der Waals surface area contributed by atoms with Crippen molar-refractivity contribution in [1.29, 1.82) is 0 Å². The molecule has 230 valence electrons. The van der Waals surface area contributed by atoms with Crippen LogP contribution in [0.2, 0.25) is 0 Å². The topological polar surface area (TPSA) is 134 Å². The number of imidazole rings is 1. The Balaban J connectivity index is 1.20. The van der Waals surface area contributed by atoms with Crippen molar-refractivity contribution in [1.82, 2.24) is 24.0 Å². The van der Waals surface area contributed by atoms with Gasteiger partial charge in [-0.25, -0.2) is 4.98 Å². The van der Waals surface area contributed by atoms with Crippen LogP contribution in [0.3, 0.4) is 0 Å². The van der Waals surface area contributed by atoms with Crippen LogP contribution in [0.1, 0.15) is 41.7 Å². The fourth-order valence-corrected chi connectivity index (χ4v) is 7.52. The molecule has 3 aliphatic rings. The van der Waals surface area contributed by atoms with Gasteiger partial charge in [0.25, 0.3) is 5.91 Å². The molecule has 45 heavy (non-hydrogen) atoms. The molecular weight excluding hydrogens is 566 g/mol. The molecule has 2 aromatic carbocycles. The van der Waals surface area contributed by atoms with Gasteiger partial charge in [0.1, 0.15) is 11.3 Å². The third kappa shape index (κ3) is 4.66. The van der Waals surface area contributed by atoms with Crippen molar-refractivity contribution in [3.05, 3.63) is 66.0 Å². The molecule has 2 bridgehead atoms. The summed E-state index contributed by atoms with van der Waals surface area (Å²) in [4.78, 5) is 36.6. The minimum absolute atomic E-state index is 0.00224. The molecule has 3 aromatic heterocycles. The summed E-state index contributed by atoms with van der Waals surface area (Å²) in [5, 5.41) is 1.13. The van der Waals surface area contributed by atoms with Crippen LogP contribution in [-0.2, 0) is 24.8 Å². The lowest BCUT2D eigenvalue weighted by molar-refractivity contribution is -0.117. The lowest BCUT2D eigenvalue weighted by Gasteiger charge is -2.27. The number of piperidine rings is 1. The van der Waals surface area contributed by atoms with Gasteiger partial charge in [0.2, 0.25) is 5.91 Å². The highest BCUT2D eigenvalue weighted by molar-refractivity contribution is 6.00. The van der Waals surface area contributed by atoms with E-state index in [0.29, 0.717) is 28.8 Å². The SMILES string of the molecule is COc1cc(C(=O)N2C[C@H]3CC[C@@H]2[C@@H]3N)cc2nc(-c3cc4ccc(-c5ccc(CC(N)=O)nc5)cc4n3CC3CC3)n(C)c12. The van der Waals surface area contributed by atoms with Crippen LogP contribution < -0.4 is 16.2 Å². The highest BCUT2D eigenvalue weighted by Crippen LogP contribution is 2.40. The normalized spacial score (nSPS) is 20.9. The first-order chi connectivity index (χ1) is 21.8. The number of likely N-dealkylation sites (tertiary alicyclic amines) is 1. The maximum Gasteiger partial charge on any atom is 0.254 e. The number of nitrogens with two attached hydrogens (primary N) is 2. The minimum atomic E-state index is -0.396. The van der Waals surface area contributed by atoms with E-state index < -0.39 is 5.91 Å². The van der Waals surface area contributed by atoms with Gasteiger partial charge in [-0.1, -0.05) is 18.2 Å². The number of aromatic nitrogens is 4. The van der Waals surface area contributed by atoms with Gasteiger partial charge in [0.15, 0.2) is 5.82 Å². The van der Waals surface area contributed by atoms with Crippen LogP contribution >= 0.6 is 0 Å². The number of methoxy groups -OCH3 is 1. The number of carbonyl (C=O) groups excluding carboxylic acids is 2. The number of benzene rings is 2. The first-order valence-electron chi connectivity index (χ1n) is 15.8. The Morgan fingerprint density at radius 2 is 1.84 bits per heavy atom. The van der Waals surface area contributed by atoms with E-state index in [1.165, 1.54) is 12.8 Å². The summed E-state index contributed by atoms with van der Waals surface area (Å²) in [6, 6.07) is 16.4. The summed E-state index contributed by atoms with van der Waals surface area (Å²) >= 11 is 0. The summed E-state index contributed by atoms with van der Waals surface area (Å²) in [6.07, 6.45) is 6.42. The zero-order valence-electron chi connectivity index (χ0n) is 25.6. The van der Waals surface area contributed by atoms with Crippen LogP contribution in [0.15, 0.2) is 54.7 Å². The van der Waals surface area contributed by atoms with Crippen molar-refractivity contribution in [3.8, 4) is 28.4 Å². The molecule has 0 radical (unpaired) electrons. The quantitative estimate of drug-likeness (QED) is 0.272. The molecule has 10 heteroatoms. The van der Waals surface area contributed by atoms with Crippen LogP contribution in [0, 0.1) is 11.8 Å². The molecule has 3 fully saturated rings. The third-order valence-corrected chi connectivity index (χ3v) is 10.1. The average molecular weight is 604 g/mol. The predicted molar refractivity (Wildman–Crippen MR) is 173 cm³/mol. The lowest BCUT2D eigenvalue weighted by Crippen LogP contribution is -2.41. The van der Waals surface area contributed by atoms with E-state index in [0.717, 1.165) is 70.5 Å². The van der Waals surface area contributed by atoms with Crippen molar-refractivity contribution >= 4 is 33.8 Å². The van der Waals surface area contributed by atoms with Gasteiger partial charge in [0, 0.05) is 66.1 Å². The van der Waals surface area contributed by atoms with E-state index >= 15 is 0 Å². The molecule has 3 atom stereocenters. The monoisotopic (exact) mass is 603 g/mol. The summed E-state index contributed by atoms with van der Waals surface area (Å²) < 4.78 is 10.3. The van der Waals surface area contributed by atoms with Crippen molar-refractivity contribution in [3.63, 3.8) is 0 Å². The van der Waals surface area contributed by atoms with Gasteiger partial charge >= 0.3 is 0 Å². The van der Waals surface area contributed by atoms with E-state index in [4.69, 9.17) is 21.2 Å². The summed E-state index contributed by atoms with van der Waals surface area (Å²) in [5.74, 6) is 2.08.